The standard InChI is InChI=1S/C8H11N3/c9-7-4-3-6-2-1-5-10-8(6)11-7/h1-2,5,7H,3-4,9H2,(H,10,11). The van der Waals surface area contributed by atoms with Crippen LogP contribution in [0.15, 0.2) is 18.3 Å². The maximum Gasteiger partial charge on any atom is 0.130 e. The van der Waals surface area contributed by atoms with Crippen molar-refractivity contribution in [2.75, 3.05) is 5.32 Å². The first-order valence-electron chi connectivity index (χ1n) is 3.82. The molecular formula is C8H11N3. The Labute approximate surface area is 65.6 Å². The number of aryl methyl sites for hydroxylation is 1. The molecule has 0 fully saturated rings. The summed E-state index contributed by atoms with van der Waals surface area (Å²) in [6.07, 6.45) is 3.90. The van der Waals surface area contributed by atoms with Crippen LogP contribution in [-0.2, 0) is 6.42 Å². The fourth-order valence-corrected chi connectivity index (χ4v) is 1.33. The van der Waals surface area contributed by atoms with Gasteiger partial charge in [-0.25, -0.2) is 4.98 Å². The summed E-state index contributed by atoms with van der Waals surface area (Å²) in [4.78, 5) is 4.18. The van der Waals surface area contributed by atoms with Crippen LogP contribution in [0.1, 0.15) is 12.0 Å². The van der Waals surface area contributed by atoms with E-state index in [9.17, 15) is 0 Å². The van der Waals surface area contributed by atoms with Crippen LogP contribution in [0.4, 0.5) is 5.82 Å². The molecule has 3 N–H and O–H groups in total. The normalized spacial score (nSPS) is 22.1. The summed E-state index contributed by atoms with van der Waals surface area (Å²) in [5.74, 6) is 0.950. The minimum absolute atomic E-state index is 0.0809. The molecular weight excluding hydrogens is 138 g/mol. The number of aromatic nitrogens is 1. The van der Waals surface area contributed by atoms with Gasteiger partial charge >= 0.3 is 0 Å². The molecule has 58 valence electrons. The summed E-state index contributed by atoms with van der Waals surface area (Å²) in [6.45, 7) is 0. The van der Waals surface area contributed by atoms with Gasteiger partial charge < -0.3 is 11.1 Å². The summed E-state index contributed by atoms with van der Waals surface area (Å²) < 4.78 is 0. The summed E-state index contributed by atoms with van der Waals surface area (Å²) in [5, 5.41) is 3.13. The fraction of sp³-hybridized carbons (Fsp3) is 0.375. The quantitative estimate of drug-likeness (QED) is 0.571. The third kappa shape index (κ3) is 1.19. The molecule has 0 spiro atoms. The molecule has 1 aliphatic rings. The lowest BCUT2D eigenvalue weighted by atomic mass is 10.1. The van der Waals surface area contributed by atoms with Gasteiger partial charge in [0.25, 0.3) is 0 Å². The van der Waals surface area contributed by atoms with Crippen molar-refractivity contribution in [2.45, 2.75) is 19.0 Å². The van der Waals surface area contributed by atoms with E-state index in [1.165, 1.54) is 5.56 Å². The van der Waals surface area contributed by atoms with E-state index in [-0.39, 0.29) is 6.17 Å². The summed E-state index contributed by atoms with van der Waals surface area (Å²) in [6, 6.07) is 4.04. The number of hydrogen-bond donors (Lipinski definition) is 2. The first-order valence-corrected chi connectivity index (χ1v) is 3.82. The lowest BCUT2D eigenvalue weighted by Crippen LogP contribution is -2.33. The smallest absolute Gasteiger partial charge is 0.130 e. The third-order valence-corrected chi connectivity index (χ3v) is 1.94. The Morgan fingerprint density at radius 1 is 1.64 bits per heavy atom. The summed E-state index contributed by atoms with van der Waals surface area (Å²) in [7, 11) is 0. The van der Waals surface area contributed by atoms with Crippen molar-refractivity contribution in [3.63, 3.8) is 0 Å². The second-order valence-corrected chi connectivity index (χ2v) is 2.80. The number of pyridine rings is 1. The molecule has 0 bridgehead atoms. The minimum atomic E-state index is 0.0809. The fourth-order valence-electron chi connectivity index (χ4n) is 1.33. The van der Waals surface area contributed by atoms with Crippen molar-refractivity contribution in [1.82, 2.24) is 4.98 Å². The second-order valence-electron chi connectivity index (χ2n) is 2.80. The Kier molecular flexibility index (Phi) is 1.51. The van der Waals surface area contributed by atoms with Crippen LogP contribution in [0.2, 0.25) is 0 Å². The van der Waals surface area contributed by atoms with Gasteiger partial charge in [0.15, 0.2) is 0 Å². The lowest BCUT2D eigenvalue weighted by molar-refractivity contribution is 0.649. The van der Waals surface area contributed by atoms with Gasteiger partial charge in [-0.05, 0) is 24.5 Å². The SMILES string of the molecule is NC1CCc2cccnc2N1. The molecule has 1 atom stereocenters. The molecule has 3 nitrogen and oxygen atoms in total. The van der Waals surface area contributed by atoms with E-state index in [1.54, 1.807) is 6.20 Å². The molecule has 0 aromatic carbocycles. The average molecular weight is 149 g/mol. The Balaban J connectivity index is 2.34. The van der Waals surface area contributed by atoms with Crippen molar-refractivity contribution < 1.29 is 0 Å². The van der Waals surface area contributed by atoms with Crippen LogP contribution < -0.4 is 11.1 Å². The molecule has 0 saturated heterocycles. The van der Waals surface area contributed by atoms with Gasteiger partial charge in [0, 0.05) is 6.20 Å². The van der Waals surface area contributed by atoms with Gasteiger partial charge in [0.05, 0.1) is 6.17 Å². The predicted molar refractivity (Wildman–Crippen MR) is 44.2 cm³/mol. The van der Waals surface area contributed by atoms with Crippen molar-refractivity contribution in [1.29, 1.82) is 0 Å². The van der Waals surface area contributed by atoms with Crippen LogP contribution in [0, 0.1) is 0 Å². The summed E-state index contributed by atoms with van der Waals surface area (Å²) >= 11 is 0. The van der Waals surface area contributed by atoms with E-state index >= 15 is 0 Å². The molecule has 0 amide bonds. The minimum Gasteiger partial charge on any atom is -0.355 e. The number of anilines is 1. The molecule has 2 rings (SSSR count). The van der Waals surface area contributed by atoms with E-state index < -0.39 is 0 Å². The first-order chi connectivity index (χ1) is 5.36. The predicted octanol–water partition coefficient (Wildman–Crippen LogP) is 0.724. The van der Waals surface area contributed by atoms with E-state index in [2.05, 4.69) is 16.4 Å². The van der Waals surface area contributed by atoms with Gasteiger partial charge in [0.1, 0.15) is 5.82 Å². The van der Waals surface area contributed by atoms with Gasteiger partial charge in [-0.3, -0.25) is 0 Å². The van der Waals surface area contributed by atoms with E-state index in [4.69, 9.17) is 5.73 Å². The Morgan fingerprint density at radius 2 is 2.55 bits per heavy atom. The van der Waals surface area contributed by atoms with Gasteiger partial charge in [-0.1, -0.05) is 6.07 Å². The zero-order valence-electron chi connectivity index (χ0n) is 6.25. The topological polar surface area (TPSA) is 50.9 Å². The molecule has 0 saturated carbocycles. The Morgan fingerprint density at radius 3 is 3.45 bits per heavy atom. The van der Waals surface area contributed by atoms with Crippen LogP contribution in [0.5, 0.6) is 0 Å². The Bertz CT molecular complexity index is 259. The van der Waals surface area contributed by atoms with Crippen LogP contribution in [-0.4, -0.2) is 11.1 Å². The number of nitrogens with two attached hydrogens (primary N) is 1. The van der Waals surface area contributed by atoms with Gasteiger partial charge in [-0.2, -0.15) is 0 Å². The van der Waals surface area contributed by atoms with Gasteiger partial charge in [-0.15, -0.1) is 0 Å². The highest BCUT2D eigenvalue weighted by atomic mass is 15.1. The van der Waals surface area contributed by atoms with Crippen LogP contribution >= 0.6 is 0 Å². The molecule has 1 aromatic heterocycles. The van der Waals surface area contributed by atoms with E-state index in [1.807, 2.05) is 6.07 Å². The molecule has 11 heavy (non-hydrogen) atoms. The maximum atomic E-state index is 5.70. The van der Waals surface area contributed by atoms with Crippen molar-refractivity contribution in [3.8, 4) is 0 Å². The van der Waals surface area contributed by atoms with E-state index in [0.717, 1.165) is 18.7 Å². The second kappa shape index (κ2) is 2.51. The molecule has 0 radical (unpaired) electrons. The van der Waals surface area contributed by atoms with Crippen LogP contribution in [0.3, 0.4) is 0 Å². The molecule has 1 aromatic rings. The van der Waals surface area contributed by atoms with Gasteiger partial charge in [0.2, 0.25) is 0 Å². The average Bonchev–Trinajstić information content (AvgIpc) is 2.04. The van der Waals surface area contributed by atoms with Crippen LogP contribution in [0.25, 0.3) is 0 Å². The molecule has 2 heterocycles. The number of nitrogens with one attached hydrogen (secondary N) is 1. The molecule has 0 aliphatic carbocycles. The highest BCUT2D eigenvalue weighted by Crippen LogP contribution is 2.19. The molecule has 1 aliphatic heterocycles. The summed E-state index contributed by atoms with van der Waals surface area (Å²) in [5.41, 5.74) is 6.97. The lowest BCUT2D eigenvalue weighted by Gasteiger charge is -2.22. The highest BCUT2D eigenvalue weighted by molar-refractivity contribution is 5.46. The van der Waals surface area contributed by atoms with Crippen molar-refractivity contribution in [3.05, 3.63) is 23.9 Å². The maximum absolute atomic E-state index is 5.70. The van der Waals surface area contributed by atoms with Crippen molar-refractivity contribution >= 4 is 5.82 Å². The zero-order chi connectivity index (χ0) is 7.68. The Hall–Kier alpha value is -1.09. The number of fused-ring (bicyclic) bond motifs is 1. The largest absolute Gasteiger partial charge is 0.355 e. The first kappa shape index (κ1) is 6.61. The number of hydrogen-bond acceptors (Lipinski definition) is 3. The van der Waals surface area contributed by atoms with Crippen molar-refractivity contribution in [2.24, 2.45) is 5.73 Å². The third-order valence-electron chi connectivity index (χ3n) is 1.94. The zero-order valence-corrected chi connectivity index (χ0v) is 6.25. The number of nitrogens with zero attached hydrogens (tertiary/aromatic N) is 1. The highest BCUT2D eigenvalue weighted by Gasteiger charge is 2.13. The monoisotopic (exact) mass is 149 g/mol. The van der Waals surface area contributed by atoms with E-state index in [0.29, 0.717) is 0 Å². The number of rotatable bonds is 0. The molecule has 1 unspecified atom stereocenters. The molecule has 3 heteroatoms.